The number of aryl methyl sites for hydroxylation is 1. The number of hydrogen-bond acceptors (Lipinski definition) is 3. The summed E-state index contributed by atoms with van der Waals surface area (Å²) < 4.78 is 7.40. The van der Waals surface area contributed by atoms with Gasteiger partial charge >= 0.3 is 0 Å². The van der Waals surface area contributed by atoms with Crippen LogP contribution >= 0.6 is 0 Å². The van der Waals surface area contributed by atoms with E-state index < -0.39 is 0 Å². The molecule has 2 rings (SSSR count). The molecule has 0 spiro atoms. The van der Waals surface area contributed by atoms with Crippen molar-refractivity contribution in [1.29, 1.82) is 0 Å². The first-order valence-corrected chi connectivity index (χ1v) is 6.61. The lowest BCUT2D eigenvalue weighted by atomic mass is 9.95. The van der Waals surface area contributed by atoms with Crippen molar-refractivity contribution < 1.29 is 4.74 Å². The minimum absolute atomic E-state index is 0.696. The van der Waals surface area contributed by atoms with Crippen LogP contribution in [0.3, 0.4) is 0 Å². The monoisotopic (exact) mass is 237 g/mol. The lowest BCUT2D eigenvalue weighted by Crippen LogP contribution is -2.27. The zero-order valence-electron chi connectivity index (χ0n) is 10.7. The van der Waals surface area contributed by atoms with Crippen LogP contribution in [0.1, 0.15) is 37.3 Å². The maximum Gasteiger partial charge on any atom is 0.0948 e. The molecule has 17 heavy (non-hydrogen) atoms. The molecule has 96 valence electrons. The van der Waals surface area contributed by atoms with Crippen LogP contribution in [0.15, 0.2) is 12.5 Å². The lowest BCUT2D eigenvalue weighted by molar-refractivity contribution is 0.191. The van der Waals surface area contributed by atoms with Crippen molar-refractivity contribution in [2.24, 2.45) is 0 Å². The van der Waals surface area contributed by atoms with Gasteiger partial charge in [-0.05, 0) is 38.8 Å². The highest BCUT2D eigenvalue weighted by molar-refractivity contribution is 5.07. The number of methoxy groups -OCH3 is 1. The van der Waals surface area contributed by atoms with Crippen molar-refractivity contribution in [3.8, 4) is 0 Å². The van der Waals surface area contributed by atoms with E-state index in [0.717, 1.165) is 32.7 Å². The molecule has 4 nitrogen and oxygen atoms in total. The van der Waals surface area contributed by atoms with Gasteiger partial charge in [0.2, 0.25) is 0 Å². The Bertz CT molecular complexity index is 318. The maximum absolute atomic E-state index is 5.07. The molecule has 1 aromatic rings. The van der Waals surface area contributed by atoms with Gasteiger partial charge in [-0.1, -0.05) is 0 Å². The van der Waals surface area contributed by atoms with Crippen LogP contribution < -0.4 is 5.32 Å². The Balaban J connectivity index is 1.87. The van der Waals surface area contributed by atoms with E-state index in [1.165, 1.54) is 25.0 Å². The van der Waals surface area contributed by atoms with E-state index in [4.69, 9.17) is 4.74 Å². The average molecular weight is 237 g/mol. The highest BCUT2D eigenvalue weighted by Crippen LogP contribution is 2.24. The summed E-state index contributed by atoms with van der Waals surface area (Å²) in [7, 11) is 1.76. The van der Waals surface area contributed by atoms with Gasteiger partial charge in [-0.2, -0.15) is 0 Å². The number of nitrogens with one attached hydrogen (secondary N) is 1. The summed E-state index contributed by atoms with van der Waals surface area (Å²) in [6, 6.07) is 0. The molecule has 0 unspecified atom stereocenters. The maximum atomic E-state index is 5.07. The quantitative estimate of drug-likeness (QED) is 0.767. The number of unbranched alkanes of at least 4 members (excludes halogenated alkanes) is 1. The highest BCUT2D eigenvalue weighted by atomic mass is 16.5. The zero-order valence-corrected chi connectivity index (χ0v) is 10.7. The van der Waals surface area contributed by atoms with Gasteiger partial charge in [0, 0.05) is 38.1 Å². The molecular formula is C13H23N3O. The summed E-state index contributed by atoms with van der Waals surface area (Å²) in [5.74, 6) is 0.696. The van der Waals surface area contributed by atoms with Crippen molar-refractivity contribution in [2.75, 3.05) is 26.8 Å². The van der Waals surface area contributed by atoms with Gasteiger partial charge in [0.25, 0.3) is 0 Å². The van der Waals surface area contributed by atoms with Crippen LogP contribution in [0.2, 0.25) is 0 Å². The Morgan fingerprint density at radius 1 is 1.41 bits per heavy atom. The summed E-state index contributed by atoms with van der Waals surface area (Å²) >= 11 is 0. The fraction of sp³-hybridized carbons (Fsp3) is 0.769. The second kappa shape index (κ2) is 6.77. The summed E-state index contributed by atoms with van der Waals surface area (Å²) in [5, 5.41) is 3.41. The van der Waals surface area contributed by atoms with E-state index in [2.05, 4.69) is 14.9 Å². The predicted octanol–water partition coefficient (Wildman–Crippen LogP) is 1.78. The van der Waals surface area contributed by atoms with Crippen LogP contribution in [-0.2, 0) is 11.3 Å². The van der Waals surface area contributed by atoms with Gasteiger partial charge in [-0.3, -0.25) is 0 Å². The number of nitrogens with zero attached hydrogens (tertiary/aromatic N) is 2. The van der Waals surface area contributed by atoms with Gasteiger partial charge in [-0.15, -0.1) is 0 Å². The molecule has 0 atom stereocenters. The predicted molar refractivity (Wildman–Crippen MR) is 68.2 cm³/mol. The van der Waals surface area contributed by atoms with Crippen LogP contribution in [0.5, 0.6) is 0 Å². The van der Waals surface area contributed by atoms with E-state index in [9.17, 15) is 0 Å². The van der Waals surface area contributed by atoms with Crippen molar-refractivity contribution in [2.45, 2.75) is 38.1 Å². The fourth-order valence-electron chi connectivity index (χ4n) is 2.50. The molecule has 1 aliphatic rings. The second-order valence-corrected chi connectivity index (χ2v) is 4.74. The van der Waals surface area contributed by atoms with E-state index in [1.807, 2.05) is 12.5 Å². The molecule has 1 aliphatic heterocycles. The van der Waals surface area contributed by atoms with Gasteiger partial charge in [0.05, 0.1) is 6.33 Å². The van der Waals surface area contributed by atoms with Gasteiger partial charge in [0.1, 0.15) is 0 Å². The standard InChI is InChI=1S/C13H23N3O/c1-17-9-3-2-8-16-11-15-10-13(16)12-4-6-14-7-5-12/h10-12,14H,2-9H2,1H3. The average Bonchev–Trinajstić information content (AvgIpc) is 2.84. The Morgan fingerprint density at radius 3 is 3.00 bits per heavy atom. The summed E-state index contributed by atoms with van der Waals surface area (Å²) in [6.45, 7) is 4.21. The molecule has 1 aromatic heterocycles. The molecular weight excluding hydrogens is 214 g/mol. The van der Waals surface area contributed by atoms with Crippen molar-refractivity contribution in [3.63, 3.8) is 0 Å². The third-order valence-corrected chi connectivity index (χ3v) is 3.50. The number of piperidine rings is 1. The number of ether oxygens (including phenoxy) is 1. The lowest BCUT2D eigenvalue weighted by Gasteiger charge is -2.23. The minimum Gasteiger partial charge on any atom is -0.385 e. The molecule has 0 amide bonds. The number of rotatable bonds is 6. The van der Waals surface area contributed by atoms with E-state index in [1.54, 1.807) is 7.11 Å². The summed E-state index contributed by atoms with van der Waals surface area (Å²) in [5.41, 5.74) is 1.42. The molecule has 0 aromatic carbocycles. The third-order valence-electron chi connectivity index (χ3n) is 3.50. The molecule has 0 saturated carbocycles. The van der Waals surface area contributed by atoms with Crippen molar-refractivity contribution in [3.05, 3.63) is 18.2 Å². The normalized spacial score (nSPS) is 17.5. The molecule has 1 saturated heterocycles. The highest BCUT2D eigenvalue weighted by Gasteiger charge is 2.18. The minimum atomic E-state index is 0.696. The van der Waals surface area contributed by atoms with Crippen LogP contribution in [-0.4, -0.2) is 36.4 Å². The molecule has 0 aliphatic carbocycles. The first-order chi connectivity index (χ1) is 8.42. The van der Waals surface area contributed by atoms with Crippen LogP contribution in [0.25, 0.3) is 0 Å². The molecule has 1 N–H and O–H groups in total. The Hall–Kier alpha value is -0.870. The molecule has 0 bridgehead atoms. The van der Waals surface area contributed by atoms with Crippen LogP contribution in [0, 0.1) is 0 Å². The molecule has 2 heterocycles. The Kier molecular flexibility index (Phi) is 5.01. The summed E-state index contributed by atoms with van der Waals surface area (Å²) in [6.07, 6.45) is 8.80. The summed E-state index contributed by atoms with van der Waals surface area (Å²) in [4.78, 5) is 4.31. The molecule has 4 heteroatoms. The Morgan fingerprint density at radius 2 is 2.24 bits per heavy atom. The largest absolute Gasteiger partial charge is 0.385 e. The van der Waals surface area contributed by atoms with Gasteiger partial charge < -0.3 is 14.6 Å². The third kappa shape index (κ3) is 3.54. The van der Waals surface area contributed by atoms with Crippen molar-refractivity contribution >= 4 is 0 Å². The SMILES string of the molecule is COCCCCn1cncc1C1CCNCC1. The van der Waals surface area contributed by atoms with Crippen molar-refractivity contribution in [1.82, 2.24) is 14.9 Å². The van der Waals surface area contributed by atoms with E-state index >= 15 is 0 Å². The number of hydrogen-bond donors (Lipinski definition) is 1. The van der Waals surface area contributed by atoms with E-state index in [0.29, 0.717) is 5.92 Å². The van der Waals surface area contributed by atoms with Gasteiger partial charge in [0.15, 0.2) is 0 Å². The van der Waals surface area contributed by atoms with E-state index in [-0.39, 0.29) is 0 Å². The van der Waals surface area contributed by atoms with Crippen LogP contribution in [0.4, 0.5) is 0 Å². The molecule has 1 fully saturated rings. The number of aromatic nitrogens is 2. The van der Waals surface area contributed by atoms with Gasteiger partial charge in [-0.25, -0.2) is 4.98 Å². The first kappa shape index (κ1) is 12.6. The molecule has 0 radical (unpaired) electrons. The smallest absolute Gasteiger partial charge is 0.0948 e. The fourth-order valence-corrected chi connectivity index (χ4v) is 2.50. The Labute approximate surface area is 103 Å². The topological polar surface area (TPSA) is 39.1 Å². The number of imidazole rings is 1. The second-order valence-electron chi connectivity index (χ2n) is 4.74. The first-order valence-electron chi connectivity index (χ1n) is 6.61. The zero-order chi connectivity index (χ0) is 11.9.